The summed E-state index contributed by atoms with van der Waals surface area (Å²) >= 11 is 0. The van der Waals surface area contributed by atoms with E-state index in [1.807, 2.05) is 13.8 Å². The first-order valence-electron chi connectivity index (χ1n) is 7.01. The molecular weight excluding hydrogens is 272 g/mol. The fourth-order valence-electron chi connectivity index (χ4n) is 2.44. The molecule has 0 N–H and O–H groups in total. The third kappa shape index (κ3) is 3.13. The van der Waals surface area contributed by atoms with Crippen LogP contribution in [0.1, 0.15) is 42.3 Å². The molecule has 0 radical (unpaired) electrons. The summed E-state index contributed by atoms with van der Waals surface area (Å²) in [5.74, 6) is 1.90. The Labute approximate surface area is 125 Å². The Hall–Kier alpha value is -1.75. The molecule has 0 spiro atoms. The van der Waals surface area contributed by atoms with Crippen molar-refractivity contribution in [2.24, 2.45) is 5.92 Å². The number of rotatable bonds is 7. The van der Waals surface area contributed by atoms with Crippen LogP contribution in [0.3, 0.4) is 0 Å². The monoisotopic (exact) mass is 294 g/mol. The van der Waals surface area contributed by atoms with Gasteiger partial charge in [-0.25, -0.2) is 0 Å². The van der Waals surface area contributed by atoms with Gasteiger partial charge >= 0.3 is 0 Å². The summed E-state index contributed by atoms with van der Waals surface area (Å²) in [7, 11) is 4.67. The predicted molar refractivity (Wildman–Crippen MR) is 78.6 cm³/mol. The van der Waals surface area contributed by atoms with Crippen molar-refractivity contribution in [3.63, 3.8) is 0 Å². The van der Waals surface area contributed by atoms with Gasteiger partial charge in [0.1, 0.15) is 11.9 Å². The van der Waals surface area contributed by atoms with Gasteiger partial charge in [-0.2, -0.15) is 0 Å². The van der Waals surface area contributed by atoms with Crippen LogP contribution < -0.4 is 14.2 Å². The van der Waals surface area contributed by atoms with E-state index in [0.717, 1.165) is 5.56 Å². The van der Waals surface area contributed by atoms with Crippen molar-refractivity contribution in [2.75, 3.05) is 27.9 Å². The molecule has 5 nitrogen and oxygen atoms in total. The van der Waals surface area contributed by atoms with E-state index in [1.54, 1.807) is 27.4 Å². The number of Topliss-reactive ketones (excluding diaryl/α,β-unsaturated/α-hetero) is 1. The molecular formula is C16H22O5. The van der Waals surface area contributed by atoms with Gasteiger partial charge in [-0.3, -0.25) is 4.79 Å². The molecule has 0 aliphatic carbocycles. The van der Waals surface area contributed by atoms with E-state index in [-0.39, 0.29) is 17.8 Å². The second kappa shape index (κ2) is 6.35. The Kier molecular flexibility index (Phi) is 4.73. The Morgan fingerprint density at radius 1 is 1.24 bits per heavy atom. The highest BCUT2D eigenvalue weighted by atomic mass is 16.6. The summed E-state index contributed by atoms with van der Waals surface area (Å²) in [4.78, 5) is 12.6. The van der Waals surface area contributed by atoms with Crippen LogP contribution in [-0.4, -0.2) is 33.7 Å². The van der Waals surface area contributed by atoms with E-state index in [0.29, 0.717) is 35.8 Å². The van der Waals surface area contributed by atoms with Crippen LogP contribution in [-0.2, 0) is 4.74 Å². The highest BCUT2D eigenvalue weighted by molar-refractivity contribution is 6.01. The lowest BCUT2D eigenvalue weighted by molar-refractivity contribution is 0.0962. The number of ether oxygens (including phenoxy) is 4. The van der Waals surface area contributed by atoms with Gasteiger partial charge in [0.2, 0.25) is 0 Å². The molecule has 0 amide bonds. The van der Waals surface area contributed by atoms with Gasteiger partial charge in [-0.1, -0.05) is 13.8 Å². The van der Waals surface area contributed by atoms with Crippen molar-refractivity contribution in [1.29, 1.82) is 0 Å². The van der Waals surface area contributed by atoms with Crippen LogP contribution in [0, 0.1) is 5.92 Å². The topological polar surface area (TPSA) is 57.3 Å². The van der Waals surface area contributed by atoms with E-state index >= 15 is 0 Å². The van der Waals surface area contributed by atoms with Crippen LogP contribution in [0.15, 0.2) is 6.07 Å². The average Bonchev–Trinajstić information content (AvgIpc) is 3.28. The molecule has 21 heavy (non-hydrogen) atoms. The summed E-state index contributed by atoms with van der Waals surface area (Å²) in [5, 5.41) is 0. The molecule has 5 heteroatoms. The molecule has 0 saturated carbocycles. The third-order valence-electron chi connectivity index (χ3n) is 3.42. The molecule has 1 saturated heterocycles. The zero-order chi connectivity index (χ0) is 15.6. The third-order valence-corrected chi connectivity index (χ3v) is 3.42. The molecule has 1 aromatic rings. The zero-order valence-corrected chi connectivity index (χ0v) is 13.2. The highest BCUT2D eigenvalue weighted by Crippen LogP contribution is 2.47. The molecule has 1 heterocycles. The van der Waals surface area contributed by atoms with Gasteiger partial charge in [0.25, 0.3) is 0 Å². The van der Waals surface area contributed by atoms with Crippen molar-refractivity contribution >= 4 is 5.78 Å². The van der Waals surface area contributed by atoms with Crippen molar-refractivity contribution in [2.45, 2.75) is 26.4 Å². The van der Waals surface area contributed by atoms with Crippen molar-refractivity contribution < 1.29 is 23.7 Å². The molecule has 1 aliphatic rings. The fourth-order valence-corrected chi connectivity index (χ4v) is 2.44. The first-order chi connectivity index (χ1) is 10.0. The molecule has 1 atom stereocenters. The van der Waals surface area contributed by atoms with E-state index in [1.165, 1.54) is 0 Å². The summed E-state index contributed by atoms with van der Waals surface area (Å²) in [6.07, 6.45) is 0.320. The molecule has 0 bridgehead atoms. The van der Waals surface area contributed by atoms with Crippen molar-refractivity contribution in [3.05, 3.63) is 17.2 Å². The molecule has 1 aliphatic heterocycles. The smallest absolute Gasteiger partial charge is 0.167 e. The Bertz CT molecular complexity index is 532. The van der Waals surface area contributed by atoms with Crippen LogP contribution >= 0.6 is 0 Å². The van der Waals surface area contributed by atoms with Crippen LogP contribution in [0.25, 0.3) is 0 Å². The second-order valence-electron chi connectivity index (χ2n) is 5.45. The number of hydrogen-bond donors (Lipinski definition) is 0. The Morgan fingerprint density at radius 2 is 1.86 bits per heavy atom. The summed E-state index contributed by atoms with van der Waals surface area (Å²) < 4.78 is 21.6. The minimum atomic E-state index is -0.130. The maximum absolute atomic E-state index is 12.6. The summed E-state index contributed by atoms with van der Waals surface area (Å²) in [6.45, 7) is 4.60. The SMILES string of the molecule is COc1cc(OC)c(C(=O)CC(C)C)c([C@H]2CO2)c1OC. The number of carbonyl (C=O) groups is 1. The van der Waals surface area contributed by atoms with E-state index in [4.69, 9.17) is 18.9 Å². The lowest BCUT2D eigenvalue weighted by Crippen LogP contribution is -2.11. The summed E-state index contributed by atoms with van der Waals surface area (Å²) in [6, 6.07) is 1.69. The average molecular weight is 294 g/mol. The number of carbonyl (C=O) groups excluding carboxylic acids is 1. The van der Waals surface area contributed by atoms with Gasteiger partial charge in [0, 0.05) is 18.1 Å². The normalized spacial score (nSPS) is 16.8. The first-order valence-corrected chi connectivity index (χ1v) is 7.01. The standard InChI is InChI=1S/C16H22O5/c1-9(2)6-10(17)14-11(18-3)7-12(19-4)16(20-5)15(14)13-8-21-13/h7,9,13H,6,8H2,1-5H3/t13-/m1/s1. The van der Waals surface area contributed by atoms with E-state index < -0.39 is 0 Å². The highest BCUT2D eigenvalue weighted by Gasteiger charge is 2.36. The number of methoxy groups -OCH3 is 3. The molecule has 0 aromatic heterocycles. The number of epoxide rings is 1. The maximum Gasteiger partial charge on any atom is 0.167 e. The molecule has 2 rings (SSSR count). The molecule has 1 fully saturated rings. The number of benzene rings is 1. The van der Waals surface area contributed by atoms with Crippen LogP contribution in [0.4, 0.5) is 0 Å². The zero-order valence-electron chi connectivity index (χ0n) is 13.2. The van der Waals surface area contributed by atoms with Gasteiger partial charge in [-0.05, 0) is 5.92 Å². The van der Waals surface area contributed by atoms with Crippen LogP contribution in [0.2, 0.25) is 0 Å². The molecule has 0 unspecified atom stereocenters. The summed E-state index contributed by atoms with van der Waals surface area (Å²) in [5.41, 5.74) is 1.28. The van der Waals surface area contributed by atoms with Crippen molar-refractivity contribution in [1.82, 2.24) is 0 Å². The van der Waals surface area contributed by atoms with Gasteiger partial charge < -0.3 is 18.9 Å². The first kappa shape index (κ1) is 15.6. The number of hydrogen-bond acceptors (Lipinski definition) is 5. The van der Waals surface area contributed by atoms with E-state index in [9.17, 15) is 4.79 Å². The van der Waals surface area contributed by atoms with Gasteiger partial charge in [0.05, 0.1) is 33.5 Å². The second-order valence-corrected chi connectivity index (χ2v) is 5.45. The maximum atomic E-state index is 12.6. The van der Waals surface area contributed by atoms with Crippen LogP contribution in [0.5, 0.6) is 17.2 Å². The Morgan fingerprint density at radius 3 is 2.29 bits per heavy atom. The lowest BCUT2D eigenvalue weighted by atomic mass is 9.93. The molecule has 1 aromatic carbocycles. The fraction of sp³-hybridized carbons (Fsp3) is 0.562. The van der Waals surface area contributed by atoms with Gasteiger partial charge in [-0.15, -0.1) is 0 Å². The van der Waals surface area contributed by atoms with Crippen molar-refractivity contribution in [3.8, 4) is 17.2 Å². The minimum Gasteiger partial charge on any atom is -0.496 e. The number of ketones is 1. The predicted octanol–water partition coefficient (Wildman–Crippen LogP) is 3.01. The lowest BCUT2D eigenvalue weighted by Gasteiger charge is -2.19. The van der Waals surface area contributed by atoms with Gasteiger partial charge in [0.15, 0.2) is 17.3 Å². The molecule has 116 valence electrons. The Balaban J connectivity index is 2.62. The quantitative estimate of drug-likeness (QED) is 0.571. The van der Waals surface area contributed by atoms with E-state index in [2.05, 4.69) is 0 Å². The largest absolute Gasteiger partial charge is 0.496 e. The minimum absolute atomic E-state index is 0.0355.